The van der Waals surface area contributed by atoms with Crippen molar-refractivity contribution in [2.75, 3.05) is 11.9 Å². The van der Waals surface area contributed by atoms with E-state index in [9.17, 15) is 18.4 Å². The summed E-state index contributed by atoms with van der Waals surface area (Å²) in [6.07, 6.45) is -0.653. The molecule has 1 amide bonds. The van der Waals surface area contributed by atoms with E-state index >= 15 is 0 Å². The summed E-state index contributed by atoms with van der Waals surface area (Å²) in [5, 5.41) is 2.19. The molecule has 0 saturated carbocycles. The third-order valence-corrected chi connectivity index (χ3v) is 3.40. The zero-order valence-corrected chi connectivity index (χ0v) is 14.2. The molecule has 0 bridgehead atoms. The van der Waals surface area contributed by atoms with Crippen molar-refractivity contribution in [2.24, 2.45) is 0 Å². The molecule has 5 nitrogen and oxygen atoms in total. The summed E-state index contributed by atoms with van der Waals surface area (Å²) in [6.45, 7) is 1.68. The van der Waals surface area contributed by atoms with Crippen LogP contribution in [0.25, 0.3) is 0 Å². The number of hydrogen-bond donors (Lipinski definition) is 1. The Balaban J connectivity index is 1.72. The SMILES string of the molecule is C[C@H](OC(=O)CCCOc1ccccc1)C(=O)Nc1cc(F)ccc1F. The number of halogens is 2. The first-order valence-corrected chi connectivity index (χ1v) is 8.09. The Morgan fingerprint density at radius 2 is 1.85 bits per heavy atom. The number of carbonyl (C=O) groups excluding carboxylic acids is 2. The van der Waals surface area contributed by atoms with Gasteiger partial charge in [-0.1, -0.05) is 18.2 Å². The largest absolute Gasteiger partial charge is 0.494 e. The van der Waals surface area contributed by atoms with Crippen LogP contribution >= 0.6 is 0 Å². The van der Waals surface area contributed by atoms with Crippen LogP contribution in [-0.4, -0.2) is 24.6 Å². The average molecular weight is 363 g/mol. The maximum atomic E-state index is 13.5. The van der Waals surface area contributed by atoms with E-state index in [0.717, 1.165) is 18.2 Å². The molecular formula is C19H19F2NO4. The molecule has 0 fully saturated rings. The predicted molar refractivity (Wildman–Crippen MR) is 91.7 cm³/mol. The second-order valence-corrected chi connectivity index (χ2v) is 5.51. The van der Waals surface area contributed by atoms with Crippen LogP contribution in [0.4, 0.5) is 14.5 Å². The van der Waals surface area contributed by atoms with Crippen molar-refractivity contribution in [3.63, 3.8) is 0 Å². The zero-order valence-electron chi connectivity index (χ0n) is 14.2. The first-order valence-electron chi connectivity index (χ1n) is 8.09. The third kappa shape index (κ3) is 6.16. The van der Waals surface area contributed by atoms with Crippen molar-refractivity contribution in [3.8, 4) is 5.75 Å². The first-order chi connectivity index (χ1) is 12.5. The predicted octanol–water partition coefficient (Wildman–Crippen LogP) is 3.69. The van der Waals surface area contributed by atoms with Gasteiger partial charge in [0.1, 0.15) is 17.4 Å². The minimum absolute atomic E-state index is 0.0682. The molecular weight excluding hydrogens is 344 g/mol. The van der Waals surface area contributed by atoms with Gasteiger partial charge in [-0.3, -0.25) is 9.59 Å². The zero-order chi connectivity index (χ0) is 18.9. The Labute approximate surface area is 149 Å². The van der Waals surface area contributed by atoms with E-state index in [1.807, 2.05) is 18.2 Å². The summed E-state index contributed by atoms with van der Waals surface area (Å²) in [7, 11) is 0. The van der Waals surface area contributed by atoms with Gasteiger partial charge in [0, 0.05) is 12.5 Å². The van der Waals surface area contributed by atoms with Gasteiger partial charge in [0.2, 0.25) is 0 Å². The van der Waals surface area contributed by atoms with E-state index < -0.39 is 29.6 Å². The Morgan fingerprint density at radius 3 is 2.58 bits per heavy atom. The van der Waals surface area contributed by atoms with E-state index in [-0.39, 0.29) is 12.1 Å². The second-order valence-electron chi connectivity index (χ2n) is 5.51. The van der Waals surface area contributed by atoms with Crippen molar-refractivity contribution >= 4 is 17.6 Å². The lowest BCUT2D eigenvalue weighted by Crippen LogP contribution is -2.30. The molecule has 0 aliphatic carbocycles. The molecule has 0 saturated heterocycles. The molecule has 0 aromatic heterocycles. The van der Waals surface area contributed by atoms with E-state index in [1.165, 1.54) is 6.92 Å². The van der Waals surface area contributed by atoms with Crippen LogP contribution in [0.2, 0.25) is 0 Å². The number of amides is 1. The summed E-state index contributed by atoms with van der Waals surface area (Å²) in [6, 6.07) is 11.8. The smallest absolute Gasteiger partial charge is 0.306 e. The number of nitrogens with one attached hydrogen (secondary N) is 1. The summed E-state index contributed by atoms with van der Waals surface area (Å²) in [4.78, 5) is 23.7. The minimum atomic E-state index is -1.14. The van der Waals surface area contributed by atoms with Gasteiger partial charge < -0.3 is 14.8 Å². The number of benzene rings is 2. The fourth-order valence-electron chi connectivity index (χ4n) is 2.06. The average Bonchev–Trinajstić information content (AvgIpc) is 2.62. The molecule has 26 heavy (non-hydrogen) atoms. The molecule has 2 aromatic rings. The van der Waals surface area contributed by atoms with Gasteiger partial charge in [0.05, 0.1) is 12.3 Å². The Kier molecular flexibility index (Phi) is 7.08. The van der Waals surface area contributed by atoms with Crippen molar-refractivity contribution in [2.45, 2.75) is 25.9 Å². The van der Waals surface area contributed by atoms with Crippen molar-refractivity contribution < 1.29 is 27.8 Å². The molecule has 0 unspecified atom stereocenters. The highest BCUT2D eigenvalue weighted by atomic mass is 19.1. The molecule has 1 atom stereocenters. The fourth-order valence-corrected chi connectivity index (χ4v) is 2.06. The van der Waals surface area contributed by atoms with Gasteiger partial charge >= 0.3 is 5.97 Å². The van der Waals surface area contributed by atoms with Gasteiger partial charge in [-0.05, 0) is 37.6 Å². The highest BCUT2D eigenvalue weighted by molar-refractivity contribution is 5.95. The molecule has 2 aromatic carbocycles. The van der Waals surface area contributed by atoms with Crippen LogP contribution in [0.1, 0.15) is 19.8 Å². The van der Waals surface area contributed by atoms with E-state index in [2.05, 4.69) is 5.32 Å². The van der Waals surface area contributed by atoms with Crippen LogP contribution < -0.4 is 10.1 Å². The highest BCUT2D eigenvalue weighted by Gasteiger charge is 2.19. The number of para-hydroxylation sites is 1. The monoisotopic (exact) mass is 363 g/mol. The number of rotatable bonds is 8. The van der Waals surface area contributed by atoms with Crippen LogP contribution in [0.3, 0.4) is 0 Å². The quantitative estimate of drug-likeness (QED) is 0.574. The summed E-state index contributed by atoms with van der Waals surface area (Å²) < 4.78 is 37.0. The van der Waals surface area contributed by atoms with Crippen molar-refractivity contribution in [1.29, 1.82) is 0 Å². The van der Waals surface area contributed by atoms with Crippen LogP contribution in [0, 0.1) is 11.6 Å². The molecule has 7 heteroatoms. The van der Waals surface area contributed by atoms with Gasteiger partial charge in [0.15, 0.2) is 6.10 Å². The van der Waals surface area contributed by atoms with E-state index in [0.29, 0.717) is 18.8 Å². The summed E-state index contributed by atoms with van der Waals surface area (Å²) >= 11 is 0. The molecule has 0 aliphatic heterocycles. The number of esters is 1. The lowest BCUT2D eigenvalue weighted by molar-refractivity contribution is -0.153. The van der Waals surface area contributed by atoms with Gasteiger partial charge in [-0.25, -0.2) is 8.78 Å². The molecule has 2 rings (SSSR count). The van der Waals surface area contributed by atoms with Crippen molar-refractivity contribution in [1.82, 2.24) is 0 Å². The van der Waals surface area contributed by atoms with E-state index in [4.69, 9.17) is 9.47 Å². The molecule has 0 heterocycles. The van der Waals surface area contributed by atoms with Crippen LogP contribution in [-0.2, 0) is 14.3 Å². The van der Waals surface area contributed by atoms with Gasteiger partial charge in [-0.2, -0.15) is 0 Å². The molecule has 0 radical (unpaired) electrons. The summed E-state index contributed by atoms with van der Waals surface area (Å²) in [5.74, 6) is -2.10. The molecule has 1 N–H and O–H groups in total. The summed E-state index contributed by atoms with van der Waals surface area (Å²) in [5.41, 5.74) is -0.311. The Morgan fingerprint density at radius 1 is 1.12 bits per heavy atom. The first kappa shape index (κ1) is 19.4. The van der Waals surface area contributed by atoms with Gasteiger partial charge in [-0.15, -0.1) is 0 Å². The maximum Gasteiger partial charge on any atom is 0.306 e. The van der Waals surface area contributed by atoms with Crippen molar-refractivity contribution in [3.05, 3.63) is 60.2 Å². The Hall–Kier alpha value is -2.96. The maximum absolute atomic E-state index is 13.5. The fraction of sp³-hybridized carbons (Fsp3) is 0.263. The minimum Gasteiger partial charge on any atom is -0.494 e. The lowest BCUT2D eigenvalue weighted by Gasteiger charge is -2.14. The van der Waals surface area contributed by atoms with Crippen LogP contribution in [0.15, 0.2) is 48.5 Å². The van der Waals surface area contributed by atoms with Crippen LogP contribution in [0.5, 0.6) is 5.75 Å². The number of carbonyl (C=O) groups is 2. The topological polar surface area (TPSA) is 64.6 Å². The normalized spacial score (nSPS) is 11.5. The standard InChI is InChI=1S/C19H19F2NO4/c1-13(19(24)22-17-12-14(20)9-10-16(17)21)26-18(23)8-5-11-25-15-6-3-2-4-7-15/h2-4,6-7,9-10,12-13H,5,8,11H2,1H3,(H,22,24)/t13-/m0/s1. The van der Waals surface area contributed by atoms with E-state index in [1.54, 1.807) is 12.1 Å². The molecule has 0 aliphatic rings. The third-order valence-electron chi connectivity index (χ3n) is 3.40. The highest BCUT2D eigenvalue weighted by Crippen LogP contribution is 2.16. The lowest BCUT2D eigenvalue weighted by atomic mass is 10.2. The second kappa shape index (κ2) is 9.50. The Bertz CT molecular complexity index is 752. The van der Waals surface area contributed by atoms with Gasteiger partial charge in [0.25, 0.3) is 5.91 Å². The molecule has 0 spiro atoms. The number of anilines is 1. The number of hydrogen-bond acceptors (Lipinski definition) is 4. The molecule has 138 valence electrons. The number of ether oxygens (including phenoxy) is 2.